The van der Waals surface area contributed by atoms with Crippen molar-refractivity contribution in [2.24, 2.45) is 0 Å². The molecule has 0 amide bonds. The molecular weight excluding hydrogens is 535 g/mol. The van der Waals surface area contributed by atoms with E-state index < -0.39 is 38.9 Å². The lowest BCUT2D eigenvalue weighted by Crippen LogP contribution is -2.50. The van der Waals surface area contributed by atoms with Gasteiger partial charge in [-0.1, -0.05) is 0 Å². The summed E-state index contributed by atoms with van der Waals surface area (Å²) in [7, 11) is 0.552. The Bertz CT molecular complexity index is 1380. The molecule has 5 heterocycles. The first-order chi connectivity index (χ1) is 18.8. The predicted octanol–water partition coefficient (Wildman–Crippen LogP) is 1.06. The Morgan fingerprint density at radius 2 is 1.77 bits per heavy atom. The van der Waals surface area contributed by atoms with Crippen LogP contribution in [0.4, 0.5) is 10.3 Å². The van der Waals surface area contributed by atoms with Gasteiger partial charge in [0, 0.05) is 26.8 Å². The van der Waals surface area contributed by atoms with Crippen LogP contribution in [0, 0.1) is 5.82 Å². The summed E-state index contributed by atoms with van der Waals surface area (Å²) in [5.41, 5.74) is 0.281. The number of sulfone groups is 1. The first kappa shape index (κ1) is 27.1. The number of halogens is 1. The average Bonchev–Trinajstić information content (AvgIpc) is 3.62. The molecule has 0 aliphatic carbocycles. The van der Waals surface area contributed by atoms with Crippen molar-refractivity contribution in [3.63, 3.8) is 0 Å². The molecule has 3 aromatic rings. The second-order valence-corrected chi connectivity index (χ2v) is 11.5. The van der Waals surface area contributed by atoms with E-state index in [0.717, 1.165) is 18.8 Å². The first-order valence-electron chi connectivity index (χ1n) is 12.3. The first-order valence-corrected chi connectivity index (χ1v) is 14.0. The van der Waals surface area contributed by atoms with Crippen LogP contribution in [0.2, 0.25) is 0 Å². The quantitative estimate of drug-likeness (QED) is 0.364. The zero-order valence-corrected chi connectivity index (χ0v) is 22.5. The number of aromatic nitrogens is 7. The van der Waals surface area contributed by atoms with Crippen LogP contribution in [-0.4, -0.2) is 95.5 Å². The zero-order chi connectivity index (χ0) is 27.6. The van der Waals surface area contributed by atoms with Gasteiger partial charge in [-0.2, -0.15) is 9.97 Å². The Kier molecular flexibility index (Phi) is 7.86. The number of nitrogens with zero attached hydrogens (tertiary/aromatic N) is 8. The summed E-state index contributed by atoms with van der Waals surface area (Å²) in [5.74, 6) is 0.0542. The zero-order valence-electron chi connectivity index (χ0n) is 21.7. The highest BCUT2D eigenvalue weighted by molar-refractivity contribution is 7.91. The van der Waals surface area contributed by atoms with E-state index in [9.17, 15) is 12.8 Å². The van der Waals surface area contributed by atoms with Gasteiger partial charge in [-0.3, -0.25) is 4.57 Å². The van der Waals surface area contributed by atoms with Gasteiger partial charge in [0.25, 0.3) is 0 Å². The van der Waals surface area contributed by atoms with Gasteiger partial charge in [-0.15, -0.1) is 10.2 Å². The van der Waals surface area contributed by atoms with Crippen LogP contribution >= 0.6 is 0 Å². The third-order valence-electron chi connectivity index (χ3n) is 6.77. The maximum atomic E-state index is 13.9. The van der Waals surface area contributed by atoms with Crippen molar-refractivity contribution in [2.75, 3.05) is 45.9 Å². The van der Waals surface area contributed by atoms with Gasteiger partial charge in [0.2, 0.25) is 17.7 Å². The van der Waals surface area contributed by atoms with Crippen LogP contribution in [-0.2, 0) is 25.1 Å². The molecular formula is C23H29FN8O6S. The second-order valence-electron chi connectivity index (χ2n) is 9.18. The lowest BCUT2D eigenvalue weighted by Gasteiger charge is -2.36. The van der Waals surface area contributed by atoms with Crippen molar-refractivity contribution in [3.8, 4) is 17.4 Å². The number of methoxy groups -OCH3 is 3. The van der Waals surface area contributed by atoms with Crippen molar-refractivity contribution in [2.45, 2.75) is 42.5 Å². The lowest BCUT2D eigenvalue weighted by atomic mass is 10.1. The smallest absolute Gasteiger partial charge is 0.245 e. The molecule has 210 valence electrons. The minimum Gasteiger partial charge on any atom is -0.479 e. The minimum absolute atomic E-state index is 0.0989. The molecule has 0 radical (unpaired) electrons. The molecule has 2 aliphatic rings. The Hall–Kier alpha value is -3.50. The van der Waals surface area contributed by atoms with E-state index in [0.29, 0.717) is 25.4 Å². The monoisotopic (exact) mass is 564 g/mol. The summed E-state index contributed by atoms with van der Waals surface area (Å²) >= 11 is 0. The SMILES string of the molecule is COc1ncnc(OC)c1-n1c(CS(=O)(=O)[C@H]2C[C@@H](OC)CN(c3ncc(F)cn3)C2)nnc1[C@H]1CCCO1. The van der Waals surface area contributed by atoms with Gasteiger partial charge in [0.05, 0.1) is 38.0 Å². The molecule has 0 spiro atoms. The Morgan fingerprint density at radius 1 is 1.05 bits per heavy atom. The predicted molar refractivity (Wildman–Crippen MR) is 134 cm³/mol. The summed E-state index contributed by atoms with van der Waals surface area (Å²) in [6.07, 6.45) is 4.33. The van der Waals surface area contributed by atoms with Gasteiger partial charge in [0.15, 0.2) is 33.0 Å². The molecule has 3 aromatic heterocycles. The van der Waals surface area contributed by atoms with Gasteiger partial charge in [-0.05, 0) is 19.3 Å². The summed E-state index contributed by atoms with van der Waals surface area (Å²) in [6.45, 7) is 1.01. The molecule has 2 saturated heterocycles. The largest absolute Gasteiger partial charge is 0.479 e. The maximum absolute atomic E-state index is 13.9. The topological polar surface area (TPSA) is 157 Å². The summed E-state index contributed by atoms with van der Waals surface area (Å²) in [5, 5.41) is 7.74. The summed E-state index contributed by atoms with van der Waals surface area (Å²) in [6, 6.07) is 0. The highest BCUT2D eigenvalue weighted by Gasteiger charge is 2.39. The molecule has 0 bridgehead atoms. The fourth-order valence-electron chi connectivity index (χ4n) is 4.86. The molecule has 39 heavy (non-hydrogen) atoms. The van der Waals surface area contributed by atoms with Crippen LogP contribution in [0.3, 0.4) is 0 Å². The third-order valence-corrected chi connectivity index (χ3v) is 8.79. The van der Waals surface area contributed by atoms with Crippen molar-refractivity contribution in [1.82, 2.24) is 34.7 Å². The Morgan fingerprint density at radius 3 is 2.38 bits per heavy atom. The molecule has 5 rings (SSSR count). The molecule has 0 unspecified atom stereocenters. The molecule has 16 heteroatoms. The average molecular weight is 565 g/mol. The van der Waals surface area contributed by atoms with E-state index in [1.807, 2.05) is 0 Å². The maximum Gasteiger partial charge on any atom is 0.245 e. The Labute approximate surface area is 224 Å². The van der Waals surface area contributed by atoms with Crippen LogP contribution in [0.25, 0.3) is 5.69 Å². The van der Waals surface area contributed by atoms with Crippen LogP contribution in [0.1, 0.15) is 37.0 Å². The van der Waals surface area contributed by atoms with Gasteiger partial charge in [0.1, 0.15) is 18.2 Å². The van der Waals surface area contributed by atoms with Gasteiger partial charge >= 0.3 is 0 Å². The number of piperidine rings is 1. The highest BCUT2D eigenvalue weighted by atomic mass is 32.2. The van der Waals surface area contributed by atoms with E-state index in [1.54, 1.807) is 9.47 Å². The van der Waals surface area contributed by atoms with Crippen molar-refractivity contribution in [3.05, 3.63) is 36.2 Å². The number of hydrogen-bond acceptors (Lipinski definition) is 13. The van der Waals surface area contributed by atoms with Crippen LogP contribution in [0.5, 0.6) is 11.8 Å². The minimum atomic E-state index is -3.85. The van der Waals surface area contributed by atoms with Crippen LogP contribution < -0.4 is 14.4 Å². The third kappa shape index (κ3) is 5.49. The normalized spacial score (nSPS) is 21.7. The molecule has 2 fully saturated rings. The fourth-order valence-corrected chi connectivity index (χ4v) is 6.56. The van der Waals surface area contributed by atoms with Crippen molar-refractivity contribution < 1.29 is 31.8 Å². The molecule has 0 saturated carbocycles. The van der Waals surface area contributed by atoms with E-state index in [1.165, 1.54) is 27.7 Å². The second kappa shape index (κ2) is 11.3. The van der Waals surface area contributed by atoms with E-state index in [2.05, 4.69) is 30.1 Å². The van der Waals surface area contributed by atoms with E-state index in [4.69, 9.17) is 18.9 Å². The van der Waals surface area contributed by atoms with E-state index in [-0.39, 0.29) is 42.2 Å². The van der Waals surface area contributed by atoms with Crippen molar-refractivity contribution >= 4 is 15.8 Å². The number of anilines is 1. The lowest BCUT2D eigenvalue weighted by molar-refractivity contribution is 0.0897. The van der Waals surface area contributed by atoms with E-state index >= 15 is 0 Å². The molecule has 14 nitrogen and oxygen atoms in total. The molecule has 0 N–H and O–H groups in total. The number of hydrogen-bond donors (Lipinski definition) is 0. The summed E-state index contributed by atoms with van der Waals surface area (Å²) < 4.78 is 65.0. The number of rotatable bonds is 9. The standard InChI is InChI=1S/C23H29FN8O6S/c1-35-15-7-16(11-31(10-15)23-25-8-14(24)9-26-23)39(33,34)12-18-29-30-20(17-5-4-6-38-17)32(18)19-21(36-2)27-13-28-22(19)37-3/h8-9,13,15-17H,4-7,10-12H2,1-3H3/t15-,16+,17-/m1/s1. The fraction of sp³-hybridized carbons (Fsp3) is 0.565. The molecule has 3 atom stereocenters. The van der Waals surface area contributed by atoms with Gasteiger partial charge < -0.3 is 23.8 Å². The summed E-state index contributed by atoms with van der Waals surface area (Å²) in [4.78, 5) is 18.1. The Balaban J connectivity index is 1.52. The van der Waals surface area contributed by atoms with Crippen molar-refractivity contribution in [1.29, 1.82) is 0 Å². The van der Waals surface area contributed by atoms with Gasteiger partial charge in [-0.25, -0.2) is 22.8 Å². The molecule has 2 aliphatic heterocycles. The highest BCUT2D eigenvalue weighted by Crippen LogP contribution is 2.36. The van der Waals surface area contributed by atoms with Crippen LogP contribution in [0.15, 0.2) is 18.7 Å². The number of ether oxygens (including phenoxy) is 4. The molecule has 0 aromatic carbocycles.